The van der Waals surface area contributed by atoms with Crippen LogP contribution in [-0.2, 0) is 15.6 Å². The molecule has 0 aliphatic rings. The summed E-state index contributed by atoms with van der Waals surface area (Å²) in [7, 11) is 1.46. The quantitative estimate of drug-likeness (QED) is 0.803. The Morgan fingerprint density at radius 3 is 2.50 bits per heavy atom. The molecule has 0 saturated carbocycles. The second-order valence-corrected chi connectivity index (χ2v) is 6.19. The molecule has 0 fully saturated rings. The van der Waals surface area contributed by atoms with Crippen molar-refractivity contribution in [1.29, 1.82) is 5.26 Å². The van der Waals surface area contributed by atoms with Crippen LogP contribution in [0.2, 0.25) is 0 Å². The number of nitrogens with zero attached hydrogens (tertiary/aromatic N) is 3. The lowest BCUT2D eigenvalue weighted by molar-refractivity contribution is 0.609. The Morgan fingerprint density at radius 2 is 2.00 bits per heavy atom. The molecule has 1 heterocycles. The number of hydrogen-bond donors (Lipinski definition) is 0. The van der Waals surface area contributed by atoms with Gasteiger partial charge in [0.05, 0.1) is 24.4 Å². The fraction of sp³-hybridized carbons (Fsp3) is 0.0909. The van der Waals surface area contributed by atoms with Crippen LogP contribution >= 0.6 is 10.7 Å². The van der Waals surface area contributed by atoms with Crippen LogP contribution in [0.5, 0.6) is 0 Å². The van der Waals surface area contributed by atoms with E-state index < -0.39 is 9.05 Å². The number of benzene rings is 1. The standard InChI is InChI=1S/C11H8ClN3O2S/c12-18(16,17)11-6-14-15(8-11)7-10-3-1-9(5-13)2-4-10/h1-4,6,8H,7H2. The van der Waals surface area contributed by atoms with Gasteiger partial charge in [-0.25, -0.2) is 8.42 Å². The Kier molecular flexibility index (Phi) is 3.36. The van der Waals surface area contributed by atoms with E-state index in [0.29, 0.717) is 12.1 Å². The van der Waals surface area contributed by atoms with Crippen LogP contribution in [0.3, 0.4) is 0 Å². The first-order valence-corrected chi connectivity index (χ1v) is 7.26. The van der Waals surface area contributed by atoms with E-state index in [-0.39, 0.29) is 4.90 Å². The highest BCUT2D eigenvalue weighted by molar-refractivity contribution is 8.13. The van der Waals surface area contributed by atoms with Crippen molar-refractivity contribution in [3.8, 4) is 6.07 Å². The van der Waals surface area contributed by atoms with E-state index in [1.807, 2.05) is 6.07 Å². The predicted molar refractivity (Wildman–Crippen MR) is 65.5 cm³/mol. The minimum Gasteiger partial charge on any atom is -0.267 e. The first-order valence-electron chi connectivity index (χ1n) is 4.95. The fourth-order valence-electron chi connectivity index (χ4n) is 1.43. The van der Waals surface area contributed by atoms with Crippen LogP contribution in [0.15, 0.2) is 41.6 Å². The molecular weight excluding hydrogens is 274 g/mol. The summed E-state index contributed by atoms with van der Waals surface area (Å²) in [4.78, 5) is -0.0298. The number of hydrogen-bond acceptors (Lipinski definition) is 4. The highest BCUT2D eigenvalue weighted by Crippen LogP contribution is 2.14. The summed E-state index contributed by atoms with van der Waals surface area (Å²) in [6, 6.07) is 8.98. The maximum atomic E-state index is 11.1. The lowest BCUT2D eigenvalue weighted by atomic mass is 10.1. The minimum atomic E-state index is -3.74. The molecular formula is C11H8ClN3O2S. The van der Waals surface area contributed by atoms with Gasteiger partial charge in [-0.1, -0.05) is 12.1 Å². The molecule has 0 amide bonds. The van der Waals surface area contributed by atoms with Gasteiger partial charge in [0.15, 0.2) is 0 Å². The molecule has 0 aliphatic carbocycles. The average Bonchev–Trinajstić information content (AvgIpc) is 2.78. The Morgan fingerprint density at radius 1 is 1.33 bits per heavy atom. The first-order chi connectivity index (χ1) is 8.49. The molecule has 1 aromatic heterocycles. The molecule has 92 valence electrons. The van der Waals surface area contributed by atoms with Crippen molar-refractivity contribution in [2.75, 3.05) is 0 Å². The van der Waals surface area contributed by atoms with Crippen molar-refractivity contribution < 1.29 is 8.42 Å². The smallest absolute Gasteiger partial charge is 0.264 e. The van der Waals surface area contributed by atoms with Crippen molar-refractivity contribution in [3.05, 3.63) is 47.8 Å². The van der Waals surface area contributed by atoms with Crippen molar-refractivity contribution in [2.45, 2.75) is 11.4 Å². The molecule has 0 N–H and O–H groups in total. The van der Waals surface area contributed by atoms with E-state index in [1.54, 1.807) is 24.3 Å². The molecule has 5 nitrogen and oxygen atoms in total. The summed E-state index contributed by atoms with van der Waals surface area (Å²) in [5.74, 6) is 0. The van der Waals surface area contributed by atoms with Crippen molar-refractivity contribution in [3.63, 3.8) is 0 Å². The summed E-state index contributed by atoms with van der Waals surface area (Å²) in [6.45, 7) is 0.415. The maximum Gasteiger partial charge on any atom is 0.264 e. The lowest BCUT2D eigenvalue weighted by Crippen LogP contribution is -1.99. The van der Waals surface area contributed by atoms with Crippen molar-refractivity contribution >= 4 is 19.7 Å². The third-order valence-corrected chi connectivity index (χ3v) is 3.63. The number of aromatic nitrogens is 2. The molecule has 0 atom stereocenters. The molecule has 0 saturated heterocycles. The van der Waals surface area contributed by atoms with Crippen LogP contribution in [-0.4, -0.2) is 18.2 Å². The summed E-state index contributed by atoms with van der Waals surface area (Å²) in [5.41, 5.74) is 1.49. The maximum absolute atomic E-state index is 11.1. The largest absolute Gasteiger partial charge is 0.267 e. The molecule has 0 bridgehead atoms. The molecule has 18 heavy (non-hydrogen) atoms. The van der Waals surface area contributed by atoms with Gasteiger partial charge in [0.1, 0.15) is 4.90 Å². The van der Waals surface area contributed by atoms with E-state index in [1.165, 1.54) is 17.1 Å². The molecule has 0 radical (unpaired) electrons. The number of nitriles is 1. The van der Waals surface area contributed by atoms with Crippen molar-refractivity contribution in [1.82, 2.24) is 9.78 Å². The molecule has 0 spiro atoms. The van der Waals surface area contributed by atoms with Gasteiger partial charge in [-0.15, -0.1) is 0 Å². The highest BCUT2D eigenvalue weighted by Gasteiger charge is 2.12. The third kappa shape index (κ3) is 2.88. The molecule has 0 unspecified atom stereocenters. The predicted octanol–water partition coefficient (Wildman–Crippen LogP) is 1.73. The topological polar surface area (TPSA) is 75.8 Å². The summed E-state index contributed by atoms with van der Waals surface area (Å²) < 4.78 is 23.6. The van der Waals surface area contributed by atoms with Gasteiger partial charge in [0.2, 0.25) is 0 Å². The van der Waals surface area contributed by atoms with E-state index in [2.05, 4.69) is 5.10 Å². The lowest BCUT2D eigenvalue weighted by Gasteiger charge is -2.01. The second-order valence-electron chi connectivity index (χ2n) is 3.62. The normalized spacial score (nSPS) is 11.1. The van der Waals surface area contributed by atoms with Gasteiger partial charge in [0, 0.05) is 16.9 Å². The Hall–Kier alpha value is -1.84. The SMILES string of the molecule is N#Cc1ccc(Cn2cc(S(=O)(=O)Cl)cn2)cc1. The zero-order valence-corrected chi connectivity index (χ0v) is 10.7. The molecule has 1 aromatic carbocycles. The third-order valence-electron chi connectivity index (χ3n) is 2.32. The van der Waals surface area contributed by atoms with E-state index >= 15 is 0 Å². The minimum absolute atomic E-state index is 0.0298. The van der Waals surface area contributed by atoms with Gasteiger partial charge in [0.25, 0.3) is 9.05 Å². The van der Waals surface area contributed by atoms with Gasteiger partial charge >= 0.3 is 0 Å². The van der Waals surface area contributed by atoms with Crippen LogP contribution in [0.1, 0.15) is 11.1 Å². The average molecular weight is 282 g/mol. The first kappa shape index (κ1) is 12.6. The van der Waals surface area contributed by atoms with Crippen LogP contribution in [0.25, 0.3) is 0 Å². The monoisotopic (exact) mass is 281 g/mol. The molecule has 7 heteroatoms. The van der Waals surface area contributed by atoms with Crippen LogP contribution in [0, 0.1) is 11.3 Å². The Bertz CT molecular complexity index is 699. The summed E-state index contributed by atoms with van der Waals surface area (Å²) in [6.07, 6.45) is 2.56. The summed E-state index contributed by atoms with van der Waals surface area (Å²) >= 11 is 0. The van der Waals surface area contributed by atoms with Crippen LogP contribution in [0.4, 0.5) is 0 Å². The Balaban J connectivity index is 2.19. The van der Waals surface area contributed by atoms with E-state index in [9.17, 15) is 8.42 Å². The highest BCUT2D eigenvalue weighted by atomic mass is 35.7. The molecule has 0 aliphatic heterocycles. The van der Waals surface area contributed by atoms with E-state index in [0.717, 1.165) is 5.56 Å². The number of halogens is 1. The zero-order valence-electron chi connectivity index (χ0n) is 9.12. The van der Waals surface area contributed by atoms with Gasteiger partial charge in [-0.05, 0) is 17.7 Å². The van der Waals surface area contributed by atoms with E-state index in [4.69, 9.17) is 15.9 Å². The zero-order chi connectivity index (χ0) is 13.2. The number of rotatable bonds is 3. The Labute approximate surface area is 109 Å². The summed E-state index contributed by atoms with van der Waals surface area (Å²) in [5, 5.41) is 12.6. The molecule has 2 aromatic rings. The van der Waals surface area contributed by atoms with Gasteiger partial charge < -0.3 is 0 Å². The van der Waals surface area contributed by atoms with Crippen molar-refractivity contribution in [2.24, 2.45) is 0 Å². The second kappa shape index (κ2) is 4.80. The molecule has 2 rings (SSSR count). The van der Waals surface area contributed by atoms with Crippen LogP contribution < -0.4 is 0 Å². The fourth-order valence-corrected chi connectivity index (χ4v) is 2.09. The van der Waals surface area contributed by atoms with Gasteiger partial charge in [-0.2, -0.15) is 10.4 Å². The van der Waals surface area contributed by atoms with Gasteiger partial charge in [-0.3, -0.25) is 4.68 Å².